The molecule has 0 aromatic rings. The van der Waals surface area contributed by atoms with Crippen molar-refractivity contribution < 1.29 is 61.9 Å². The number of halogens is 13. The van der Waals surface area contributed by atoms with Gasteiger partial charge in [0, 0.05) is 5.41 Å². The number of hydrogen-bond donors (Lipinski definition) is 1. The Kier molecular flexibility index (Phi) is 6.79. The molecule has 1 N–H and O–H groups in total. The van der Waals surface area contributed by atoms with Gasteiger partial charge in [0.05, 0.1) is 5.70 Å². The zero-order chi connectivity index (χ0) is 24.1. The summed E-state index contributed by atoms with van der Waals surface area (Å²) >= 11 is 0. The summed E-state index contributed by atoms with van der Waals surface area (Å²) in [6, 6.07) is 0. The molecule has 0 aliphatic heterocycles. The van der Waals surface area contributed by atoms with Crippen LogP contribution in [0.15, 0.2) is 12.3 Å². The van der Waals surface area contributed by atoms with Gasteiger partial charge in [-0.3, -0.25) is 4.79 Å². The Morgan fingerprint density at radius 1 is 0.724 bits per heavy atom. The van der Waals surface area contributed by atoms with Gasteiger partial charge in [0.25, 0.3) is 0 Å². The molecule has 0 fully saturated rings. The highest BCUT2D eigenvalue weighted by Crippen LogP contribution is 2.60. The van der Waals surface area contributed by atoms with Crippen molar-refractivity contribution in [2.45, 2.75) is 63.0 Å². The van der Waals surface area contributed by atoms with Gasteiger partial charge in [0.2, 0.25) is 5.91 Å². The van der Waals surface area contributed by atoms with Gasteiger partial charge in [0.1, 0.15) is 0 Å². The van der Waals surface area contributed by atoms with Gasteiger partial charge in [-0.05, 0) is 6.42 Å². The van der Waals surface area contributed by atoms with Crippen LogP contribution in [-0.4, -0.2) is 41.7 Å². The molecule has 15 heteroatoms. The highest BCUT2D eigenvalue weighted by Gasteiger charge is 2.91. The van der Waals surface area contributed by atoms with Crippen LogP contribution in [0.5, 0.6) is 0 Å². The van der Waals surface area contributed by atoms with Crippen LogP contribution >= 0.6 is 0 Å². The number of rotatable bonds is 8. The molecule has 0 aliphatic carbocycles. The van der Waals surface area contributed by atoms with Crippen molar-refractivity contribution in [2.24, 2.45) is 5.41 Å². The van der Waals surface area contributed by atoms with Crippen LogP contribution in [0.3, 0.4) is 0 Å². The summed E-state index contributed by atoms with van der Waals surface area (Å²) in [5, 5.41) is 0.959. The van der Waals surface area contributed by atoms with Crippen LogP contribution < -0.4 is 5.32 Å². The standard InChI is InChI=1S/C14H14F13NO/c1-5-8(3,4)7(29)28-6(2)9(15,16)10(17,18)11(19,20)12(21,22)13(23,24)14(25,26)27/h2,5H2,1,3-4H3,(H,28,29). The van der Waals surface area contributed by atoms with Crippen molar-refractivity contribution in [3.63, 3.8) is 0 Å². The molecule has 2 nitrogen and oxygen atoms in total. The first kappa shape index (κ1) is 27.3. The Morgan fingerprint density at radius 3 is 1.38 bits per heavy atom. The van der Waals surface area contributed by atoms with Crippen molar-refractivity contribution >= 4 is 5.91 Å². The Hall–Kier alpha value is -1.70. The van der Waals surface area contributed by atoms with Gasteiger partial charge in [-0.2, -0.15) is 57.1 Å². The van der Waals surface area contributed by atoms with Crippen LogP contribution in [0.2, 0.25) is 0 Å². The van der Waals surface area contributed by atoms with E-state index in [4.69, 9.17) is 0 Å². The summed E-state index contributed by atoms with van der Waals surface area (Å²) in [7, 11) is 0. The smallest absolute Gasteiger partial charge is 0.324 e. The summed E-state index contributed by atoms with van der Waals surface area (Å²) in [6.07, 6.45) is -7.61. The third kappa shape index (κ3) is 4.00. The number of alkyl halides is 13. The molecule has 0 aromatic heterocycles. The first-order valence-electron chi connectivity index (χ1n) is 7.33. The molecule has 0 rings (SSSR count). The molecule has 0 unspecified atom stereocenters. The minimum atomic E-state index is -8.00. The summed E-state index contributed by atoms with van der Waals surface area (Å²) in [5.74, 6) is -39.3. The molecule has 0 radical (unpaired) electrons. The monoisotopic (exact) mass is 459 g/mol. The summed E-state index contributed by atoms with van der Waals surface area (Å²) in [5.41, 5.74) is -4.19. The number of allylic oxidation sites excluding steroid dienone is 1. The lowest BCUT2D eigenvalue weighted by Gasteiger charge is -2.40. The maximum Gasteiger partial charge on any atom is 0.460 e. The first-order chi connectivity index (χ1) is 12.4. The van der Waals surface area contributed by atoms with Crippen molar-refractivity contribution in [1.82, 2.24) is 5.32 Å². The van der Waals surface area contributed by atoms with E-state index in [2.05, 4.69) is 6.58 Å². The number of carbonyl (C=O) groups is 1. The van der Waals surface area contributed by atoms with E-state index in [0.717, 1.165) is 19.2 Å². The quantitative estimate of drug-likeness (QED) is 0.458. The van der Waals surface area contributed by atoms with Crippen LogP contribution in [0, 0.1) is 5.41 Å². The fourth-order valence-electron chi connectivity index (χ4n) is 1.50. The van der Waals surface area contributed by atoms with Gasteiger partial charge in [-0.1, -0.05) is 27.4 Å². The van der Waals surface area contributed by atoms with Gasteiger partial charge >= 0.3 is 35.8 Å². The minimum absolute atomic E-state index is 0.125. The van der Waals surface area contributed by atoms with E-state index < -0.39 is 52.8 Å². The number of nitrogens with one attached hydrogen (secondary N) is 1. The molecule has 29 heavy (non-hydrogen) atoms. The zero-order valence-electron chi connectivity index (χ0n) is 14.7. The molecular weight excluding hydrogens is 445 g/mol. The van der Waals surface area contributed by atoms with E-state index in [1.807, 2.05) is 0 Å². The third-order valence-electron chi connectivity index (χ3n) is 4.08. The molecule has 0 heterocycles. The Balaban J connectivity index is 6.24. The highest BCUT2D eigenvalue weighted by atomic mass is 19.4. The normalized spacial score (nSPS) is 15.3. The summed E-state index contributed by atoms with van der Waals surface area (Å²) < 4.78 is 169. The van der Waals surface area contributed by atoms with Crippen molar-refractivity contribution in [3.05, 3.63) is 12.3 Å². The van der Waals surface area contributed by atoms with Crippen LogP contribution in [-0.2, 0) is 4.79 Å². The second-order valence-electron chi connectivity index (χ2n) is 6.54. The lowest BCUT2D eigenvalue weighted by atomic mass is 9.88. The molecule has 0 aliphatic rings. The summed E-state index contributed by atoms with van der Waals surface area (Å²) in [6.45, 7) is 5.58. The second-order valence-corrected chi connectivity index (χ2v) is 6.54. The van der Waals surface area contributed by atoms with Crippen molar-refractivity contribution in [2.75, 3.05) is 0 Å². The fourth-order valence-corrected chi connectivity index (χ4v) is 1.50. The van der Waals surface area contributed by atoms with Gasteiger partial charge in [-0.15, -0.1) is 0 Å². The van der Waals surface area contributed by atoms with E-state index in [1.54, 1.807) is 0 Å². The zero-order valence-corrected chi connectivity index (χ0v) is 14.7. The summed E-state index contributed by atoms with van der Waals surface area (Å²) in [4.78, 5) is 11.7. The largest absolute Gasteiger partial charge is 0.460 e. The molecule has 0 atom stereocenters. The van der Waals surface area contributed by atoms with Crippen LogP contribution in [0.1, 0.15) is 27.2 Å². The molecule has 0 aromatic carbocycles. The van der Waals surface area contributed by atoms with E-state index >= 15 is 0 Å². The number of carbonyl (C=O) groups excluding carboxylic acids is 1. The lowest BCUT2D eigenvalue weighted by Crippen LogP contribution is -2.70. The number of hydrogen-bond acceptors (Lipinski definition) is 1. The molecule has 0 bridgehead atoms. The lowest BCUT2D eigenvalue weighted by molar-refractivity contribution is -0.437. The average Bonchev–Trinajstić information content (AvgIpc) is 2.52. The Bertz CT molecular complexity index is 648. The molecule has 0 saturated heterocycles. The van der Waals surface area contributed by atoms with E-state index in [9.17, 15) is 61.9 Å². The predicted molar refractivity (Wildman–Crippen MR) is 72.1 cm³/mol. The minimum Gasteiger partial charge on any atom is -0.324 e. The van der Waals surface area contributed by atoms with E-state index in [-0.39, 0.29) is 6.42 Å². The van der Waals surface area contributed by atoms with Crippen molar-refractivity contribution in [1.29, 1.82) is 0 Å². The Morgan fingerprint density at radius 2 is 1.07 bits per heavy atom. The maximum absolute atomic E-state index is 13.8. The fraction of sp³-hybridized carbons (Fsp3) is 0.786. The molecule has 0 saturated carbocycles. The van der Waals surface area contributed by atoms with Gasteiger partial charge in [0.15, 0.2) is 0 Å². The predicted octanol–water partition coefficient (Wildman–Crippen LogP) is 5.79. The van der Waals surface area contributed by atoms with Gasteiger partial charge < -0.3 is 5.32 Å². The highest BCUT2D eigenvalue weighted by molar-refractivity contribution is 5.83. The molecule has 1 amide bonds. The van der Waals surface area contributed by atoms with Gasteiger partial charge in [-0.25, -0.2) is 0 Å². The average molecular weight is 459 g/mol. The Labute approximate surface area is 155 Å². The second kappa shape index (κ2) is 7.22. The topological polar surface area (TPSA) is 29.1 Å². The molecule has 172 valence electrons. The van der Waals surface area contributed by atoms with E-state index in [1.165, 1.54) is 6.92 Å². The van der Waals surface area contributed by atoms with Crippen LogP contribution in [0.25, 0.3) is 0 Å². The van der Waals surface area contributed by atoms with E-state index in [0.29, 0.717) is 0 Å². The van der Waals surface area contributed by atoms with Crippen molar-refractivity contribution in [3.8, 4) is 0 Å². The number of amides is 1. The first-order valence-corrected chi connectivity index (χ1v) is 7.33. The maximum atomic E-state index is 13.8. The molecular formula is C14H14F13NO. The molecule has 0 spiro atoms. The van der Waals surface area contributed by atoms with Crippen LogP contribution in [0.4, 0.5) is 57.1 Å². The SMILES string of the molecule is C=C(NC(=O)C(C)(C)CC)C(F)(F)C(F)(F)C(F)(F)C(F)(F)C(F)(F)C(F)(F)F. The third-order valence-corrected chi connectivity index (χ3v) is 4.08.